The van der Waals surface area contributed by atoms with Crippen molar-refractivity contribution in [2.75, 3.05) is 6.61 Å². The first kappa shape index (κ1) is 15.1. The summed E-state index contributed by atoms with van der Waals surface area (Å²) in [5.74, 6) is 2.75. The minimum atomic E-state index is -0.701. The van der Waals surface area contributed by atoms with Gasteiger partial charge >= 0.3 is 0 Å². The molecule has 3 saturated carbocycles. The third kappa shape index (κ3) is 1.63. The normalized spacial score (nSPS) is 49.2. The molecule has 1 N–H and O–H groups in total. The molecular formula is C20H27NO3. The molecule has 0 amide bonds. The van der Waals surface area contributed by atoms with E-state index in [9.17, 15) is 10.0 Å². The van der Waals surface area contributed by atoms with E-state index in [0.29, 0.717) is 23.2 Å². The van der Waals surface area contributed by atoms with Crippen LogP contribution in [0, 0.1) is 27.6 Å². The molecular weight excluding hydrogens is 302 g/mol. The van der Waals surface area contributed by atoms with Crippen molar-refractivity contribution in [2.24, 2.45) is 27.8 Å². The molecule has 24 heavy (non-hydrogen) atoms. The van der Waals surface area contributed by atoms with Crippen LogP contribution < -0.4 is 0 Å². The van der Waals surface area contributed by atoms with E-state index in [1.165, 1.54) is 37.0 Å². The summed E-state index contributed by atoms with van der Waals surface area (Å²) in [7, 11) is 0. The molecule has 5 rings (SSSR count). The molecule has 4 aliphatic carbocycles. The fraction of sp³-hybridized carbons (Fsp3) is 0.800. The Hall–Kier alpha value is -1.16. The number of nitroso groups, excluding NO2 is 1. The topological polar surface area (TPSA) is 62.8 Å². The summed E-state index contributed by atoms with van der Waals surface area (Å²) in [5.41, 5.74) is 1.27. The zero-order chi connectivity index (χ0) is 16.6. The van der Waals surface area contributed by atoms with Crippen LogP contribution in [0.2, 0.25) is 0 Å². The Labute approximate surface area is 143 Å². The summed E-state index contributed by atoms with van der Waals surface area (Å²) in [6, 6.07) is 2.20. The van der Waals surface area contributed by atoms with Gasteiger partial charge in [0.1, 0.15) is 11.3 Å². The second-order valence-corrected chi connectivity index (χ2v) is 9.32. The van der Waals surface area contributed by atoms with Crippen molar-refractivity contribution in [2.45, 2.75) is 69.7 Å². The van der Waals surface area contributed by atoms with E-state index in [1.807, 2.05) is 6.26 Å². The third-order valence-corrected chi connectivity index (χ3v) is 8.64. The van der Waals surface area contributed by atoms with Gasteiger partial charge in [-0.2, -0.15) is 4.91 Å². The van der Waals surface area contributed by atoms with E-state index in [2.05, 4.69) is 18.2 Å². The average Bonchev–Trinajstić information content (AvgIpc) is 3.15. The van der Waals surface area contributed by atoms with Crippen molar-refractivity contribution >= 4 is 0 Å². The maximum atomic E-state index is 11.6. The first-order chi connectivity index (χ1) is 11.6. The molecule has 1 aromatic heterocycles. The third-order valence-electron chi connectivity index (χ3n) is 8.64. The number of aryl methyl sites for hydroxylation is 1. The molecule has 0 aromatic carbocycles. The van der Waals surface area contributed by atoms with Crippen molar-refractivity contribution in [1.29, 1.82) is 0 Å². The molecule has 1 spiro atoms. The van der Waals surface area contributed by atoms with Crippen LogP contribution in [-0.2, 0) is 6.42 Å². The number of rotatable bonds is 2. The summed E-state index contributed by atoms with van der Waals surface area (Å²) >= 11 is 0. The van der Waals surface area contributed by atoms with Crippen LogP contribution in [0.3, 0.4) is 0 Å². The fourth-order valence-electron chi connectivity index (χ4n) is 7.64. The monoisotopic (exact) mass is 329 g/mol. The molecule has 1 aromatic rings. The van der Waals surface area contributed by atoms with Gasteiger partial charge in [-0.05, 0) is 85.2 Å². The van der Waals surface area contributed by atoms with Gasteiger partial charge < -0.3 is 9.52 Å². The Morgan fingerprint density at radius 2 is 2.21 bits per heavy atom. The van der Waals surface area contributed by atoms with Gasteiger partial charge in [0.25, 0.3) is 0 Å². The zero-order valence-corrected chi connectivity index (χ0v) is 14.5. The maximum Gasteiger partial charge on any atom is 0.129 e. The molecule has 130 valence electrons. The van der Waals surface area contributed by atoms with Crippen LogP contribution in [0.15, 0.2) is 21.9 Å². The molecule has 0 saturated heterocycles. The Morgan fingerprint density at radius 1 is 1.33 bits per heavy atom. The van der Waals surface area contributed by atoms with Crippen LogP contribution in [0.25, 0.3) is 0 Å². The highest BCUT2D eigenvalue weighted by Gasteiger charge is 2.66. The van der Waals surface area contributed by atoms with Gasteiger partial charge in [0, 0.05) is 6.42 Å². The van der Waals surface area contributed by atoms with Crippen molar-refractivity contribution in [1.82, 2.24) is 0 Å². The molecule has 3 fully saturated rings. The van der Waals surface area contributed by atoms with Gasteiger partial charge in [-0.1, -0.05) is 12.1 Å². The molecule has 0 radical (unpaired) electrons. The SMILES string of the molecule is CC12CCc3occc3C1CCC13CC(CCC12)C(CO)(N=O)C3. The van der Waals surface area contributed by atoms with E-state index in [0.717, 1.165) is 25.7 Å². The minimum Gasteiger partial charge on any atom is -0.469 e. The quantitative estimate of drug-likeness (QED) is 0.817. The Balaban J connectivity index is 1.56. The largest absolute Gasteiger partial charge is 0.469 e. The van der Waals surface area contributed by atoms with Crippen LogP contribution >= 0.6 is 0 Å². The van der Waals surface area contributed by atoms with Gasteiger partial charge in [0.2, 0.25) is 0 Å². The lowest BCUT2D eigenvalue weighted by molar-refractivity contribution is -0.0694. The number of furan rings is 1. The lowest BCUT2D eigenvalue weighted by Gasteiger charge is -2.59. The molecule has 0 aliphatic heterocycles. The summed E-state index contributed by atoms with van der Waals surface area (Å²) in [6.07, 6.45) is 10.6. The van der Waals surface area contributed by atoms with E-state index >= 15 is 0 Å². The second-order valence-electron chi connectivity index (χ2n) is 9.32. The van der Waals surface area contributed by atoms with E-state index in [4.69, 9.17) is 4.42 Å². The number of fused-ring (bicyclic) bond motifs is 5. The van der Waals surface area contributed by atoms with E-state index in [1.54, 1.807) is 0 Å². The van der Waals surface area contributed by atoms with Crippen molar-refractivity contribution in [3.8, 4) is 0 Å². The highest BCUT2D eigenvalue weighted by molar-refractivity contribution is 5.32. The molecule has 6 atom stereocenters. The lowest BCUT2D eigenvalue weighted by Crippen LogP contribution is -2.51. The first-order valence-corrected chi connectivity index (χ1v) is 9.59. The Morgan fingerprint density at radius 3 is 3.00 bits per heavy atom. The van der Waals surface area contributed by atoms with Gasteiger partial charge in [0.05, 0.1) is 12.9 Å². The van der Waals surface area contributed by atoms with Gasteiger partial charge in [0.15, 0.2) is 0 Å². The zero-order valence-electron chi connectivity index (χ0n) is 14.5. The fourth-order valence-corrected chi connectivity index (χ4v) is 7.64. The van der Waals surface area contributed by atoms with E-state index < -0.39 is 5.54 Å². The minimum absolute atomic E-state index is 0.0678. The predicted octanol–water partition coefficient (Wildman–Crippen LogP) is 4.41. The van der Waals surface area contributed by atoms with Crippen molar-refractivity contribution in [3.05, 3.63) is 28.6 Å². The Kier molecular flexibility index (Phi) is 2.97. The van der Waals surface area contributed by atoms with Crippen LogP contribution in [0.1, 0.15) is 69.1 Å². The average molecular weight is 329 g/mol. The van der Waals surface area contributed by atoms with Gasteiger partial charge in [-0.15, -0.1) is 0 Å². The summed E-state index contributed by atoms with van der Waals surface area (Å²) in [4.78, 5) is 11.6. The van der Waals surface area contributed by atoms with Gasteiger partial charge in [-0.25, -0.2) is 0 Å². The van der Waals surface area contributed by atoms with Crippen LogP contribution in [0.5, 0.6) is 0 Å². The summed E-state index contributed by atoms with van der Waals surface area (Å²) in [6.45, 7) is 2.43. The molecule has 6 unspecified atom stereocenters. The number of hydrogen-bond donors (Lipinski definition) is 1. The molecule has 4 heteroatoms. The lowest BCUT2D eigenvalue weighted by atomic mass is 9.45. The van der Waals surface area contributed by atoms with Crippen molar-refractivity contribution in [3.63, 3.8) is 0 Å². The number of aliphatic hydroxyl groups excluding tert-OH is 1. The summed E-state index contributed by atoms with van der Waals surface area (Å²) in [5, 5.41) is 13.4. The van der Waals surface area contributed by atoms with E-state index in [-0.39, 0.29) is 12.0 Å². The maximum absolute atomic E-state index is 11.6. The van der Waals surface area contributed by atoms with Crippen LogP contribution in [-0.4, -0.2) is 17.3 Å². The summed E-state index contributed by atoms with van der Waals surface area (Å²) < 4.78 is 5.72. The van der Waals surface area contributed by atoms with Crippen LogP contribution in [0.4, 0.5) is 0 Å². The standard InChI is InChI=1S/C20H27NO3/c1-18-7-5-16-14(6-9-24-16)15(18)4-8-19-10-13(2-3-17(18)19)20(11-19,12-22)21-23/h6,9,13,15,17,22H,2-5,7-8,10-12H2,1H3. The molecule has 2 bridgehead atoms. The molecule has 1 heterocycles. The highest BCUT2D eigenvalue weighted by Crippen LogP contribution is 2.72. The number of aliphatic hydroxyl groups is 1. The molecule has 4 nitrogen and oxygen atoms in total. The molecule has 4 aliphatic rings. The Bertz CT molecular complexity index is 684. The predicted molar refractivity (Wildman–Crippen MR) is 90.6 cm³/mol. The number of hydrogen-bond acceptors (Lipinski definition) is 4. The van der Waals surface area contributed by atoms with Gasteiger partial charge in [-0.3, -0.25) is 0 Å². The first-order valence-electron chi connectivity index (χ1n) is 9.59. The second kappa shape index (κ2) is 4.72. The highest BCUT2D eigenvalue weighted by atomic mass is 16.3. The van der Waals surface area contributed by atoms with Crippen molar-refractivity contribution < 1.29 is 9.52 Å². The smallest absolute Gasteiger partial charge is 0.129 e. The number of nitrogens with zero attached hydrogens (tertiary/aromatic N) is 1.